The van der Waals surface area contributed by atoms with Crippen LogP contribution in [-0.4, -0.2) is 48.7 Å². The molecule has 9 nitrogen and oxygen atoms in total. The Balaban J connectivity index is 1.70. The molecular weight excluding hydrogens is 384 g/mol. The molecule has 0 atom stereocenters. The fourth-order valence-electron chi connectivity index (χ4n) is 3.49. The van der Waals surface area contributed by atoms with Gasteiger partial charge in [0.1, 0.15) is 6.33 Å². The molecule has 0 bridgehead atoms. The van der Waals surface area contributed by atoms with Crippen LogP contribution >= 0.6 is 0 Å². The van der Waals surface area contributed by atoms with Gasteiger partial charge in [0.25, 0.3) is 0 Å². The smallest absolute Gasteiger partial charge is 0.200 e. The van der Waals surface area contributed by atoms with Crippen LogP contribution < -0.4 is 9.47 Å². The molecule has 9 heteroatoms. The number of aromatic hydroxyl groups is 1. The maximum absolute atomic E-state index is 10.2. The van der Waals surface area contributed by atoms with E-state index in [-0.39, 0.29) is 17.2 Å². The van der Waals surface area contributed by atoms with Gasteiger partial charge in [0.2, 0.25) is 5.75 Å². The van der Waals surface area contributed by atoms with Crippen molar-refractivity contribution in [2.24, 2.45) is 0 Å². The monoisotopic (exact) mass is 402 g/mol. The lowest BCUT2D eigenvalue weighted by atomic mass is 10.1. The fourth-order valence-corrected chi connectivity index (χ4v) is 3.49. The van der Waals surface area contributed by atoms with Crippen LogP contribution in [0.15, 0.2) is 48.9 Å². The number of methoxy groups -OCH3 is 2. The predicted molar refractivity (Wildman–Crippen MR) is 110 cm³/mol. The van der Waals surface area contributed by atoms with E-state index in [1.54, 1.807) is 33.7 Å². The van der Waals surface area contributed by atoms with E-state index >= 15 is 0 Å². The summed E-state index contributed by atoms with van der Waals surface area (Å²) in [5.74, 6) is 1.03. The van der Waals surface area contributed by atoms with E-state index in [4.69, 9.17) is 9.47 Å². The molecular formula is C21H18N6O3. The number of aromatic nitrogens is 6. The summed E-state index contributed by atoms with van der Waals surface area (Å²) in [4.78, 5) is 4.61. The van der Waals surface area contributed by atoms with Gasteiger partial charge >= 0.3 is 0 Å². The second-order valence-corrected chi connectivity index (χ2v) is 6.82. The number of nitrogens with zero attached hydrogens (tertiary/aromatic N) is 6. The molecule has 30 heavy (non-hydrogen) atoms. The Labute approximate surface area is 171 Å². The normalized spacial score (nSPS) is 11.3. The average Bonchev–Trinajstić information content (AvgIpc) is 3.38. The van der Waals surface area contributed by atoms with Crippen LogP contribution in [0.3, 0.4) is 0 Å². The Kier molecular flexibility index (Phi) is 4.02. The second kappa shape index (κ2) is 6.73. The predicted octanol–water partition coefficient (Wildman–Crippen LogP) is 3.16. The van der Waals surface area contributed by atoms with E-state index in [0.29, 0.717) is 22.7 Å². The molecule has 150 valence electrons. The topological polar surface area (TPSA) is 99.6 Å². The van der Waals surface area contributed by atoms with Gasteiger partial charge in [-0.05, 0) is 36.8 Å². The molecule has 0 aliphatic rings. The Bertz CT molecular complexity index is 1380. The molecule has 2 aromatic carbocycles. The summed E-state index contributed by atoms with van der Waals surface area (Å²) < 4.78 is 14.1. The maximum Gasteiger partial charge on any atom is 0.200 e. The van der Waals surface area contributed by atoms with Crippen LogP contribution in [0.5, 0.6) is 17.2 Å². The first kappa shape index (κ1) is 17.9. The maximum atomic E-state index is 10.2. The van der Waals surface area contributed by atoms with Gasteiger partial charge in [-0.3, -0.25) is 4.40 Å². The van der Waals surface area contributed by atoms with Gasteiger partial charge in [0, 0.05) is 5.56 Å². The number of fused-ring (bicyclic) bond motifs is 3. The largest absolute Gasteiger partial charge is 0.502 e. The summed E-state index contributed by atoms with van der Waals surface area (Å²) in [6.45, 7) is 2.03. The molecule has 0 fully saturated rings. The van der Waals surface area contributed by atoms with Crippen molar-refractivity contribution in [3.63, 3.8) is 0 Å². The zero-order valence-electron chi connectivity index (χ0n) is 16.6. The van der Waals surface area contributed by atoms with Gasteiger partial charge in [-0.15, -0.1) is 10.2 Å². The minimum Gasteiger partial charge on any atom is -0.502 e. The Morgan fingerprint density at radius 3 is 2.43 bits per heavy atom. The number of benzene rings is 2. The summed E-state index contributed by atoms with van der Waals surface area (Å²) in [7, 11) is 2.95. The van der Waals surface area contributed by atoms with Crippen LogP contribution in [0.4, 0.5) is 0 Å². The standard InChI is InChI=1S/C21H18N6O3/c1-12-5-4-6-14(7-12)27-20-15(10-23-27)21-25-24-19(26(21)11-22-20)13-8-16(29-2)18(28)17(9-13)30-3/h4-11,28H,1-3H3. The van der Waals surface area contributed by atoms with E-state index in [1.807, 2.05) is 31.2 Å². The van der Waals surface area contributed by atoms with Gasteiger partial charge in [0.15, 0.2) is 28.6 Å². The average molecular weight is 402 g/mol. The van der Waals surface area contributed by atoms with Crippen molar-refractivity contribution in [3.05, 3.63) is 54.5 Å². The number of phenolic OH excluding ortho intramolecular Hbond substituents is 1. The minimum atomic E-state index is -0.0717. The highest BCUT2D eigenvalue weighted by molar-refractivity contribution is 5.90. The van der Waals surface area contributed by atoms with E-state index in [2.05, 4.69) is 20.3 Å². The van der Waals surface area contributed by atoms with Crippen molar-refractivity contribution in [1.82, 2.24) is 29.4 Å². The molecule has 5 aromatic rings. The molecule has 3 heterocycles. The van der Waals surface area contributed by atoms with Crippen LogP contribution in [-0.2, 0) is 0 Å². The lowest BCUT2D eigenvalue weighted by Crippen LogP contribution is -1.99. The summed E-state index contributed by atoms with van der Waals surface area (Å²) in [5.41, 5.74) is 4.04. The number of aryl methyl sites for hydroxylation is 1. The Morgan fingerprint density at radius 2 is 1.73 bits per heavy atom. The number of ether oxygens (including phenoxy) is 2. The molecule has 0 spiro atoms. The molecule has 0 saturated carbocycles. The second-order valence-electron chi connectivity index (χ2n) is 6.82. The molecule has 0 unspecified atom stereocenters. The lowest BCUT2D eigenvalue weighted by molar-refractivity contribution is 0.340. The van der Waals surface area contributed by atoms with Gasteiger partial charge in [-0.25, -0.2) is 9.67 Å². The molecule has 0 aliphatic heterocycles. The summed E-state index contributed by atoms with van der Waals surface area (Å²) in [6.07, 6.45) is 3.39. The third-order valence-electron chi connectivity index (χ3n) is 4.96. The third-order valence-corrected chi connectivity index (χ3v) is 4.96. The van der Waals surface area contributed by atoms with E-state index in [0.717, 1.165) is 16.6 Å². The minimum absolute atomic E-state index is 0.0717. The summed E-state index contributed by atoms with van der Waals surface area (Å²) in [6, 6.07) is 11.4. The summed E-state index contributed by atoms with van der Waals surface area (Å²) >= 11 is 0. The van der Waals surface area contributed by atoms with Crippen molar-refractivity contribution in [2.45, 2.75) is 6.92 Å². The molecule has 5 rings (SSSR count). The van der Waals surface area contributed by atoms with Gasteiger partial charge < -0.3 is 14.6 Å². The van der Waals surface area contributed by atoms with E-state index < -0.39 is 0 Å². The highest BCUT2D eigenvalue weighted by Gasteiger charge is 2.18. The SMILES string of the molecule is COc1cc(-c2nnc3c4cnn(-c5cccc(C)c5)c4ncn23)cc(OC)c1O. The van der Waals surface area contributed by atoms with E-state index in [9.17, 15) is 5.11 Å². The molecule has 0 amide bonds. The lowest BCUT2D eigenvalue weighted by Gasteiger charge is -2.10. The first-order valence-corrected chi connectivity index (χ1v) is 9.20. The number of hydrogen-bond acceptors (Lipinski definition) is 7. The van der Waals surface area contributed by atoms with Crippen LogP contribution in [0.25, 0.3) is 33.8 Å². The fraction of sp³-hybridized carbons (Fsp3) is 0.143. The van der Waals surface area contributed by atoms with Crippen molar-refractivity contribution in [1.29, 1.82) is 0 Å². The number of phenols is 1. The van der Waals surface area contributed by atoms with Crippen molar-refractivity contribution < 1.29 is 14.6 Å². The molecule has 0 radical (unpaired) electrons. The van der Waals surface area contributed by atoms with Crippen molar-refractivity contribution in [3.8, 4) is 34.3 Å². The zero-order valence-corrected chi connectivity index (χ0v) is 16.6. The zero-order chi connectivity index (χ0) is 20.8. The Hall–Kier alpha value is -4.14. The summed E-state index contributed by atoms with van der Waals surface area (Å²) in [5, 5.41) is 24.2. The first-order chi connectivity index (χ1) is 14.6. The number of rotatable bonds is 4. The Morgan fingerprint density at radius 1 is 0.967 bits per heavy atom. The quantitative estimate of drug-likeness (QED) is 0.493. The van der Waals surface area contributed by atoms with Gasteiger partial charge in [-0.1, -0.05) is 12.1 Å². The van der Waals surface area contributed by atoms with Crippen LogP contribution in [0.1, 0.15) is 5.56 Å². The molecule has 3 aromatic heterocycles. The number of hydrogen-bond donors (Lipinski definition) is 1. The molecule has 1 N–H and O–H groups in total. The highest BCUT2D eigenvalue weighted by Crippen LogP contribution is 2.40. The third kappa shape index (κ3) is 2.63. The first-order valence-electron chi connectivity index (χ1n) is 9.20. The molecule has 0 saturated heterocycles. The van der Waals surface area contributed by atoms with Crippen molar-refractivity contribution in [2.75, 3.05) is 14.2 Å². The highest BCUT2D eigenvalue weighted by atomic mass is 16.5. The van der Waals surface area contributed by atoms with Gasteiger partial charge in [-0.2, -0.15) is 5.10 Å². The van der Waals surface area contributed by atoms with Crippen LogP contribution in [0.2, 0.25) is 0 Å². The molecule has 0 aliphatic carbocycles. The van der Waals surface area contributed by atoms with Gasteiger partial charge in [0.05, 0.1) is 31.5 Å². The van der Waals surface area contributed by atoms with Crippen molar-refractivity contribution >= 4 is 16.7 Å². The van der Waals surface area contributed by atoms with Crippen LogP contribution in [0, 0.1) is 6.92 Å². The van der Waals surface area contributed by atoms with E-state index in [1.165, 1.54) is 14.2 Å².